The van der Waals surface area contributed by atoms with Gasteiger partial charge in [-0.3, -0.25) is 9.69 Å². The van der Waals surface area contributed by atoms with E-state index in [0.717, 1.165) is 54.6 Å². The molecule has 5 nitrogen and oxygen atoms in total. The average Bonchev–Trinajstić information content (AvgIpc) is 3.28. The summed E-state index contributed by atoms with van der Waals surface area (Å²) in [5, 5.41) is 6.53. The summed E-state index contributed by atoms with van der Waals surface area (Å²) < 4.78 is 5.32. The van der Waals surface area contributed by atoms with Crippen molar-refractivity contribution in [3.05, 3.63) is 95.4 Å². The third-order valence-corrected chi connectivity index (χ3v) is 7.19. The molecule has 0 unspecified atom stereocenters. The summed E-state index contributed by atoms with van der Waals surface area (Å²) >= 11 is 1.62. The Bertz CT molecular complexity index is 1260. The zero-order chi connectivity index (χ0) is 22.6. The maximum absolute atomic E-state index is 13.3. The van der Waals surface area contributed by atoms with Crippen molar-refractivity contribution in [1.82, 2.24) is 15.0 Å². The lowest BCUT2D eigenvalue weighted by Gasteiger charge is -2.35. The number of fused-ring (bicyclic) bond motifs is 1. The minimum atomic E-state index is 0.108. The first kappa shape index (κ1) is 21.7. The molecule has 1 aliphatic rings. The van der Waals surface area contributed by atoms with Gasteiger partial charge in [0.15, 0.2) is 0 Å². The second-order valence-electron chi connectivity index (χ2n) is 8.43. The first-order chi connectivity index (χ1) is 16.2. The van der Waals surface area contributed by atoms with Gasteiger partial charge in [0, 0.05) is 43.7 Å². The van der Waals surface area contributed by atoms with Crippen molar-refractivity contribution >= 4 is 28.4 Å². The van der Waals surface area contributed by atoms with Crippen LogP contribution in [0.5, 0.6) is 0 Å². The van der Waals surface area contributed by atoms with Gasteiger partial charge in [0.05, 0.1) is 17.0 Å². The standard InChI is InChI=1S/C27H27N3O2S/c1-20-17-23(32-28-20)19-33-26-12-5-4-11-25(26)27(31)30-15-13-29(14-16-30)18-22-9-6-8-21-7-2-3-10-24(21)22/h2-12,17H,13-16,18-19H2,1H3. The second kappa shape index (κ2) is 9.81. The van der Waals surface area contributed by atoms with Crippen LogP contribution < -0.4 is 0 Å². The number of carbonyl (C=O) groups is 1. The van der Waals surface area contributed by atoms with Crippen LogP contribution in [0, 0.1) is 6.92 Å². The van der Waals surface area contributed by atoms with Crippen LogP contribution in [0.25, 0.3) is 10.8 Å². The maximum Gasteiger partial charge on any atom is 0.255 e. The quantitative estimate of drug-likeness (QED) is 0.364. The molecule has 6 heteroatoms. The Morgan fingerprint density at radius 1 is 0.970 bits per heavy atom. The molecular formula is C27H27N3O2S. The van der Waals surface area contributed by atoms with Gasteiger partial charge in [-0.25, -0.2) is 0 Å². The van der Waals surface area contributed by atoms with Crippen LogP contribution >= 0.6 is 11.8 Å². The molecule has 0 radical (unpaired) electrons. The number of benzene rings is 3. The fourth-order valence-corrected chi connectivity index (χ4v) is 5.27. The number of amides is 1. The van der Waals surface area contributed by atoms with E-state index in [0.29, 0.717) is 5.75 Å². The Morgan fingerprint density at radius 2 is 1.73 bits per heavy atom. The van der Waals surface area contributed by atoms with Gasteiger partial charge in [0.2, 0.25) is 0 Å². The largest absolute Gasteiger partial charge is 0.360 e. The molecule has 0 saturated carbocycles. The van der Waals surface area contributed by atoms with Crippen molar-refractivity contribution in [3.63, 3.8) is 0 Å². The first-order valence-electron chi connectivity index (χ1n) is 11.3. The minimum Gasteiger partial charge on any atom is -0.360 e. The molecular weight excluding hydrogens is 430 g/mol. The van der Waals surface area contributed by atoms with Crippen molar-refractivity contribution in [3.8, 4) is 0 Å². The first-order valence-corrected chi connectivity index (χ1v) is 12.3. The number of carbonyl (C=O) groups excluding carboxylic acids is 1. The predicted molar refractivity (Wildman–Crippen MR) is 132 cm³/mol. The zero-order valence-corrected chi connectivity index (χ0v) is 19.6. The molecule has 0 N–H and O–H groups in total. The summed E-state index contributed by atoms with van der Waals surface area (Å²) in [7, 11) is 0. The number of aryl methyl sites for hydroxylation is 1. The molecule has 1 saturated heterocycles. The Hall–Kier alpha value is -3.09. The third-order valence-electron chi connectivity index (χ3n) is 6.10. The number of piperazine rings is 1. The molecule has 33 heavy (non-hydrogen) atoms. The van der Waals surface area contributed by atoms with Crippen LogP contribution in [0.1, 0.15) is 27.4 Å². The molecule has 1 amide bonds. The molecule has 0 spiro atoms. The topological polar surface area (TPSA) is 49.6 Å². The van der Waals surface area contributed by atoms with E-state index >= 15 is 0 Å². The fourth-order valence-electron chi connectivity index (χ4n) is 4.35. The van der Waals surface area contributed by atoms with Gasteiger partial charge in [-0.05, 0) is 35.4 Å². The molecule has 4 aromatic rings. The van der Waals surface area contributed by atoms with Crippen LogP contribution in [-0.2, 0) is 12.3 Å². The Kier molecular flexibility index (Phi) is 6.46. The van der Waals surface area contributed by atoms with E-state index in [-0.39, 0.29) is 5.91 Å². The highest BCUT2D eigenvalue weighted by Gasteiger charge is 2.24. The van der Waals surface area contributed by atoms with E-state index in [1.165, 1.54) is 16.3 Å². The average molecular weight is 458 g/mol. The monoisotopic (exact) mass is 457 g/mol. The van der Waals surface area contributed by atoms with E-state index in [2.05, 4.69) is 52.5 Å². The third kappa shape index (κ3) is 4.97. The number of thioether (sulfide) groups is 1. The fraction of sp³-hybridized carbons (Fsp3) is 0.259. The lowest BCUT2D eigenvalue weighted by Crippen LogP contribution is -2.48. The van der Waals surface area contributed by atoms with Crippen molar-refractivity contribution in [2.45, 2.75) is 24.1 Å². The molecule has 2 heterocycles. The lowest BCUT2D eigenvalue weighted by molar-refractivity contribution is 0.0625. The van der Waals surface area contributed by atoms with E-state index in [9.17, 15) is 4.79 Å². The number of hydrogen-bond donors (Lipinski definition) is 0. The van der Waals surface area contributed by atoms with Crippen molar-refractivity contribution in [1.29, 1.82) is 0 Å². The molecule has 0 aliphatic carbocycles. The summed E-state index contributed by atoms with van der Waals surface area (Å²) in [6.45, 7) is 6.05. The van der Waals surface area contributed by atoms with Crippen molar-refractivity contribution in [2.75, 3.05) is 26.2 Å². The molecule has 5 rings (SSSR count). The summed E-state index contributed by atoms with van der Waals surface area (Å²) in [5.41, 5.74) is 2.98. The summed E-state index contributed by atoms with van der Waals surface area (Å²) in [4.78, 5) is 18.7. The van der Waals surface area contributed by atoms with Crippen LogP contribution in [-0.4, -0.2) is 47.0 Å². The normalized spacial score (nSPS) is 14.6. The Morgan fingerprint density at radius 3 is 2.55 bits per heavy atom. The van der Waals surface area contributed by atoms with E-state index in [1.54, 1.807) is 11.8 Å². The van der Waals surface area contributed by atoms with Crippen molar-refractivity contribution in [2.24, 2.45) is 0 Å². The lowest BCUT2D eigenvalue weighted by atomic mass is 10.0. The molecule has 1 aromatic heterocycles. The highest BCUT2D eigenvalue weighted by molar-refractivity contribution is 7.98. The molecule has 0 atom stereocenters. The predicted octanol–water partition coefficient (Wildman–Crippen LogP) is 5.39. The number of rotatable bonds is 6. The zero-order valence-electron chi connectivity index (χ0n) is 18.7. The van der Waals surface area contributed by atoms with Gasteiger partial charge in [-0.15, -0.1) is 11.8 Å². The van der Waals surface area contributed by atoms with Crippen molar-refractivity contribution < 1.29 is 9.32 Å². The Labute approximate surface area is 198 Å². The summed E-state index contributed by atoms with van der Waals surface area (Å²) in [6, 6.07) is 24.8. The van der Waals surface area contributed by atoms with Crippen LogP contribution in [0.15, 0.2) is 82.2 Å². The van der Waals surface area contributed by atoms with Gasteiger partial charge in [-0.1, -0.05) is 59.8 Å². The van der Waals surface area contributed by atoms with Crippen LogP contribution in [0.3, 0.4) is 0 Å². The van der Waals surface area contributed by atoms with Gasteiger partial charge >= 0.3 is 0 Å². The second-order valence-corrected chi connectivity index (χ2v) is 9.44. The molecule has 1 aliphatic heterocycles. The molecule has 3 aromatic carbocycles. The Balaban J connectivity index is 1.22. The minimum absolute atomic E-state index is 0.108. The SMILES string of the molecule is Cc1cc(CSc2ccccc2C(=O)N2CCN(Cc3cccc4ccccc34)CC2)on1. The number of hydrogen-bond acceptors (Lipinski definition) is 5. The van der Waals surface area contributed by atoms with Gasteiger partial charge < -0.3 is 9.42 Å². The highest BCUT2D eigenvalue weighted by atomic mass is 32.2. The molecule has 1 fully saturated rings. The summed E-state index contributed by atoms with van der Waals surface area (Å²) in [5.74, 6) is 1.59. The number of aromatic nitrogens is 1. The number of nitrogens with zero attached hydrogens (tertiary/aromatic N) is 3. The molecule has 168 valence electrons. The van der Waals surface area contributed by atoms with Crippen LogP contribution in [0.2, 0.25) is 0 Å². The van der Waals surface area contributed by atoms with Gasteiger partial charge in [-0.2, -0.15) is 0 Å². The van der Waals surface area contributed by atoms with E-state index < -0.39 is 0 Å². The van der Waals surface area contributed by atoms with Gasteiger partial charge in [0.25, 0.3) is 5.91 Å². The molecule has 0 bridgehead atoms. The van der Waals surface area contributed by atoms with E-state index in [1.807, 2.05) is 42.2 Å². The highest BCUT2D eigenvalue weighted by Crippen LogP contribution is 2.28. The maximum atomic E-state index is 13.3. The van der Waals surface area contributed by atoms with Crippen LogP contribution in [0.4, 0.5) is 0 Å². The smallest absolute Gasteiger partial charge is 0.255 e. The van der Waals surface area contributed by atoms with Gasteiger partial charge in [0.1, 0.15) is 5.76 Å². The van der Waals surface area contributed by atoms with E-state index in [4.69, 9.17) is 4.52 Å². The summed E-state index contributed by atoms with van der Waals surface area (Å²) in [6.07, 6.45) is 0.